The van der Waals surface area contributed by atoms with Gasteiger partial charge in [0.05, 0.1) is 28.9 Å². The standard InChI is InChI=1S/C22H23N7O2/c1-13(2)29-22-19(20(27-29)17-4-3-9-30-17)18(16(10-23)21(24)31-22)14-5-7-15(8-6-14)28-12-25-11-26-28/h5-8,11-13,17-18H,3-4,9,24H2,1-2H3. The van der Waals surface area contributed by atoms with Crippen LogP contribution in [-0.4, -0.2) is 31.2 Å². The van der Waals surface area contributed by atoms with Gasteiger partial charge in [0, 0.05) is 6.61 Å². The second-order valence-corrected chi connectivity index (χ2v) is 8.00. The lowest BCUT2D eigenvalue weighted by Crippen LogP contribution is -2.23. The Morgan fingerprint density at radius 2 is 2.06 bits per heavy atom. The Labute approximate surface area is 179 Å². The van der Waals surface area contributed by atoms with Crippen molar-refractivity contribution >= 4 is 0 Å². The van der Waals surface area contributed by atoms with E-state index in [0.717, 1.165) is 35.3 Å². The van der Waals surface area contributed by atoms with Gasteiger partial charge in [-0.15, -0.1) is 0 Å². The van der Waals surface area contributed by atoms with Gasteiger partial charge >= 0.3 is 0 Å². The molecule has 9 nitrogen and oxygen atoms in total. The summed E-state index contributed by atoms with van der Waals surface area (Å²) in [7, 11) is 0. The molecule has 0 spiro atoms. The minimum Gasteiger partial charge on any atom is -0.422 e. The zero-order valence-corrected chi connectivity index (χ0v) is 17.4. The molecule has 0 saturated carbocycles. The largest absolute Gasteiger partial charge is 0.422 e. The predicted molar refractivity (Wildman–Crippen MR) is 111 cm³/mol. The number of fused-ring (bicyclic) bond motifs is 1. The van der Waals surface area contributed by atoms with E-state index >= 15 is 0 Å². The van der Waals surface area contributed by atoms with Crippen LogP contribution in [0.2, 0.25) is 0 Å². The summed E-state index contributed by atoms with van der Waals surface area (Å²) < 4.78 is 15.4. The van der Waals surface area contributed by atoms with Crippen molar-refractivity contribution in [3.8, 4) is 17.6 Å². The molecule has 3 aromatic rings. The first kappa shape index (κ1) is 19.3. The molecule has 2 N–H and O–H groups in total. The summed E-state index contributed by atoms with van der Waals surface area (Å²) in [4.78, 5) is 3.99. The van der Waals surface area contributed by atoms with Crippen molar-refractivity contribution in [1.29, 1.82) is 5.26 Å². The number of nitriles is 1. The molecular weight excluding hydrogens is 394 g/mol. The molecule has 1 aromatic carbocycles. The van der Waals surface area contributed by atoms with Crippen LogP contribution in [0.15, 0.2) is 48.4 Å². The van der Waals surface area contributed by atoms with Crippen LogP contribution < -0.4 is 10.5 Å². The summed E-state index contributed by atoms with van der Waals surface area (Å²) in [5.74, 6) is 0.314. The maximum Gasteiger partial charge on any atom is 0.224 e. The molecule has 0 amide bonds. The first-order valence-corrected chi connectivity index (χ1v) is 10.3. The van der Waals surface area contributed by atoms with Gasteiger partial charge in [0.1, 0.15) is 30.4 Å². The van der Waals surface area contributed by atoms with E-state index in [1.54, 1.807) is 11.0 Å². The average Bonchev–Trinajstić information content (AvgIpc) is 3.53. The van der Waals surface area contributed by atoms with Crippen LogP contribution in [0.1, 0.15) is 61.6 Å². The lowest BCUT2D eigenvalue weighted by atomic mass is 9.83. The molecule has 0 bridgehead atoms. The maximum absolute atomic E-state index is 9.95. The van der Waals surface area contributed by atoms with Crippen molar-refractivity contribution in [2.24, 2.45) is 5.73 Å². The fourth-order valence-corrected chi connectivity index (χ4v) is 4.26. The average molecular weight is 417 g/mol. The van der Waals surface area contributed by atoms with Crippen LogP contribution in [0.25, 0.3) is 5.69 Å². The molecule has 0 radical (unpaired) electrons. The van der Waals surface area contributed by atoms with Gasteiger partial charge in [-0.3, -0.25) is 0 Å². The van der Waals surface area contributed by atoms with E-state index in [1.165, 1.54) is 6.33 Å². The number of hydrogen-bond acceptors (Lipinski definition) is 7. The number of allylic oxidation sites excluding steroid dienone is 1. The Hall–Kier alpha value is -3.64. The highest BCUT2D eigenvalue weighted by molar-refractivity contribution is 5.56. The molecule has 2 aliphatic heterocycles. The molecule has 31 heavy (non-hydrogen) atoms. The summed E-state index contributed by atoms with van der Waals surface area (Å²) in [6.45, 7) is 4.78. The molecule has 2 unspecified atom stereocenters. The second-order valence-electron chi connectivity index (χ2n) is 8.00. The topological polar surface area (TPSA) is 117 Å². The Kier molecular flexibility index (Phi) is 4.71. The van der Waals surface area contributed by atoms with Crippen molar-refractivity contribution in [2.45, 2.75) is 44.8 Å². The van der Waals surface area contributed by atoms with Gasteiger partial charge in [-0.2, -0.15) is 15.5 Å². The zero-order chi connectivity index (χ0) is 21.5. The van der Waals surface area contributed by atoms with Crippen LogP contribution in [0, 0.1) is 11.3 Å². The van der Waals surface area contributed by atoms with Crippen LogP contribution >= 0.6 is 0 Å². The fraction of sp³-hybridized carbons (Fsp3) is 0.364. The number of aromatic nitrogens is 5. The Bertz CT molecular complexity index is 1160. The quantitative estimate of drug-likeness (QED) is 0.693. The molecule has 5 rings (SSSR count). The highest BCUT2D eigenvalue weighted by Crippen LogP contribution is 2.48. The minimum absolute atomic E-state index is 0.0654. The maximum atomic E-state index is 9.95. The summed E-state index contributed by atoms with van der Waals surface area (Å²) in [6.07, 6.45) is 4.89. The highest BCUT2D eigenvalue weighted by Gasteiger charge is 2.40. The Balaban J connectivity index is 1.67. The third kappa shape index (κ3) is 3.16. The van der Waals surface area contributed by atoms with E-state index in [2.05, 4.69) is 16.2 Å². The van der Waals surface area contributed by atoms with Crippen LogP contribution in [0.3, 0.4) is 0 Å². The van der Waals surface area contributed by atoms with Gasteiger partial charge in [-0.25, -0.2) is 14.3 Å². The normalized spacial score (nSPS) is 20.6. The first-order chi connectivity index (χ1) is 15.1. The Morgan fingerprint density at radius 1 is 1.26 bits per heavy atom. The van der Waals surface area contributed by atoms with Crippen molar-refractivity contribution in [3.63, 3.8) is 0 Å². The smallest absolute Gasteiger partial charge is 0.224 e. The number of nitrogens with zero attached hydrogens (tertiary/aromatic N) is 6. The van der Waals surface area contributed by atoms with Gasteiger partial charge in [-0.1, -0.05) is 12.1 Å². The number of benzene rings is 1. The molecule has 2 aliphatic rings. The molecule has 2 atom stereocenters. The molecule has 158 valence electrons. The highest BCUT2D eigenvalue weighted by atomic mass is 16.5. The first-order valence-electron chi connectivity index (χ1n) is 10.3. The lowest BCUT2D eigenvalue weighted by molar-refractivity contribution is 0.107. The molecule has 4 heterocycles. The van der Waals surface area contributed by atoms with E-state index < -0.39 is 0 Å². The third-order valence-electron chi connectivity index (χ3n) is 5.73. The van der Waals surface area contributed by atoms with Crippen LogP contribution in [-0.2, 0) is 4.74 Å². The number of hydrogen-bond donors (Lipinski definition) is 1. The molecule has 1 fully saturated rings. The molecule has 0 aliphatic carbocycles. The van der Waals surface area contributed by atoms with Crippen molar-refractivity contribution in [3.05, 3.63) is 65.2 Å². The van der Waals surface area contributed by atoms with E-state index in [-0.39, 0.29) is 23.9 Å². The lowest BCUT2D eigenvalue weighted by Gasteiger charge is -2.26. The SMILES string of the molecule is CC(C)n1nc(C2CCCO2)c2c1OC(N)=C(C#N)C2c1ccc(-n2cncn2)cc1. The van der Waals surface area contributed by atoms with Gasteiger partial charge in [0.2, 0.25) is 11.8 Å². The van der Waals surface area contributed by atoms with Crippen LogP contribution in [0.5, 0.6) is 5.88 Å². The van der Waals surface area contributed by atoms with E-state index in [0.29, 0.717) is 18.1 Å². The van der Waals surface area contributed by atoms with Crippen molar-refractivity contribution in [1.82, 2.24) is 24.5 Å². The molecule has 1 saturated heterocycles. The molecule has 2 aromatic heterocycles. The van der Waals surface area contributed by atoms with E-state index in [1.807, 2.05) is 42.8 Å². The van der Waals surface area contributed by atoms with Gasteiger partial charge in [0.25, 0.3) is 0 Å². The van der Waals surface area contributed by atoms with Crippen LogP contribution in [0.4, 0.5) is 0 Å². The zero-order valence-electron chi connectivity index (χ0n) is 17.4. The summed E-state index contributed by atoms with van der Waals surface area (Å²) in [6, 6.07) is 10.2. The van der Waals surface area contributed by atoms with Crippen molar-refractivity contribution in [2.75, 3.05) is 6.61 Å². The van der Waals surface area contributed by atoms with Gasteiger partial charge in [0.15, 0.2) is 0 Å². The van der Waals surface area contributed by atoms with E-state index in [9.17, 15) is 5.26 Å². The third-order valence-corrected chi connectivity index (χ3v) is 5.73. The van der Waals surface area contributed by atoms with Crippen molar-refractivity contribution < 1.29 is 9.47 Å². The summed E-state index contributed by atoms with van der Waals surface area (Å²) in [5.41, 5.74) is 10.1. The number of ether oxygens (including phenoxy) is 2. The summed E-state index contributed by atoms with van der Waals surface area (Å²) in [5, 5.41) is 19.0. The number of rotatable bonds is 4. The van der Waals surface area contributed by atoms with Gasteiger partial charge < -0.3 is 15.2 Å². The molecule has 9 heteroatoms. The summed E-state index contributed by atoms with van der Waals surface area (Å²) >= 11 is 0. The second kappa shape index (κ2) is 7.56. The van der Waals surface area contributed by atoms with Gasteiger partial charge in [-0.05, 0) is 44.4 Å². The van der Waals surface area contributed by atoms with E-state index in [4.69, 9.17) is 20.3 Å². The molecular formula is C22H23N7O2. The number of nitrogens with two attached hydrogens (primary N) is 1. The predicted octanol–water partition coefficient (Wildman–Crippen LogP) is 3.11. The Morgan fingerprint density at radius 3 is 2.68 bits per heavy atom. The monoisotopic (exact) mass is 417 g/mol. The fourth-order valence-electron chi connectivity index (χ4n) is 4.26. The minimum atomic E-state index is -0.384.